The molecule has 3 aromatic rings. The molecule has 0 bridgehead atoms. The van der Waals surface area contributed by atoms with Gasteiger partial charge in [0.2, 0.25) is 0 Å². The van der Waals surface area contributed by atoms with E-state index in [-0.39, 0.29) is 0 Å². The van der Waals surface area contributed by atoms with Crippen molar-refractivity contribution in [2.45, 2.75) is 39.2 Å². The fourth-order valence-corrected chi connectivity index (χ4v) is 3.93. The van der Waals surface area contributed by atoms with Gasteiger partial charge in [-0.2, -0.15) is 0 Å². The Bertz CT molecular complexity index is 977. The van der Waals surface area contributed by atoms with Crippen LogP contribution in [0.2, 0.25) is 0 Å². The number of hydrogen-bond donors (Lipinski definition) is 2. The van der Waals surface area contributed by atoms with Crippen molar-refractivity contribution in [3.63, 3.8) is 0 Å². The second-order valence-corrected chi connectivity index (χ2v) is 7.82. The van der Waals surface area contributed by atoms with Gasteiger partial charge in [0.05, 0.1) is 0 Å². The van der Waals surface area contributed by atoms with Gasteiger partial charge in [0.15, 0.2) is 11.6 Å². The SMILES string of the molecule is CCNC(=NCCc1nnc2ccccn12)NC1CCCN(c2ccc(C)cc2)C1. The first-order valence-corrected chi connectivity index (χ1v) is 10.9. The third kappa shape index (κ3) is 4.90. The Hall–Kier alpha value is -3.09. The number of piperidine rings is 1. The van der Waals surface area contributed by atoms with E-state index in [0.717, 1.165) is 49.9 Å². The molecule has 1 aliphatic rings. The van der Waals surface area contributed by atoms with E-state index in [0.29, 0.717) is 12.6 Å². The van der Waals surface area contributed by atoms with Crippen molar-refractivity contribution in [1.29, 1.82) is 0 Å². The molecular weight excluding hydrogens is 374 g/mol. The van der Waals surface area contributed by atoms with Crippen LogP contribution >= 0.6 is 0 Å². The Labute approximate surface area is 178 Å². The lowest BCUT2D eigenvalue weighted by molar-refractivity contribution is 0.468. The Morgan fingerprint density at radius 2 is 2.03 bits per heavy atom. The number of nitrogens with zero attached hydrogens (tertiary/aromatic N) is 5. The maximum Gasteiger partial charge on any atom is 0.191 e. The van der Waals surface area contributed by atoms with Crippen LogP contribution in [0.3, 0.4) is 0 Å². The van der Waals surface area contributed by atoms with Gasteiger partial charge in [-0.1, -0.05) is 23.8 Å². The summed E-state index contributed by atoms with van der Waals surface area (Å²) >= 11 is 0. The zero-order valence-electron chi connectivity index (χ0n) is 17.9. The molecular formula is C23H31N7. The van der Waals surface area contributed by atoms with Gasteiger partial charge in [-0.15, -0.1) is 10.2 Å². The number of hydrogen-bond acceptors (Lipinski definition) is 4. The average molecular weight is 406 g/mol. The molecule has 1 saturated heterocycles. The van der Waals surface area contributed by atoms with E-state index in [2.05, 4.69) is 63.8 Å². The van der Waals surface area contributed by atoms with Crippen LogP contribution in [0.1, 0.15) is 31.2 Å². The van der Waals surface area contributed by atoms with E-state index >= 15 is 0 Å². The van der Waals surface area contributed by atoms with Crippen molar-refractivity contribution < 1.29 is 0 Å². The van der Waals surface area contributed by atoms with Crippen molar-refractivity contribution >= 4 is 17.3 Å². The first-order chi connectivity index (χ1) is 14.7. The topological polar surface area (TPSA) is 69.8 Å². The van der Waals surface area contributed by atoms with E-state index in [1.165, 1.54) is 17.7 Å². The third-order valence-corrected chi connectivity index (χ3v) is 5.50. The summed E-state index contributed by atoms with van der Waals surface area (Å²) in [7, 11) is 0. The third-order valence-electron chi connectivity index (χ3n) is 5.50. The molecule has 7 heteroatoms. The summed E-state index contributed by atoms with van der Waals surface area (Å²) in [5.74, 6) is 1.82. The van der Waals surface area contributed by atoms with Gasteiger partial charge in [-0.3, -0.25) is 9.39 Å². The predicted molar refractivity (Wildman–Crippen MR) is 122 cm³/mol. The molecule has 0 amide bonds. The summed E-state index contributed by atoms with van der Waals surface area (Å²) in [6.45, 7) is 7.83. The number of guanidine groups is 1. The van der Waals surface area contributed by atoms with Crippen LogP contribution in [0.5, 0.6) is 0 Å². The molecule has 0 radical (unpaired) electrons. The van der Waals surface area contributed by atoms with Crippen LogP contribution in [0.15, 0.2) is 53.7 Å². The van der Waals surface area contributed by atoms with Crippen molar-refractivity contribution in [3.8, 4) is 0 Å². The largest absolute Gasteiger partial charge is 0.369 e. The van der Waals surface area contributed by atoms with Crippen LogP contribution in [-0.4, -0.2) is 52.8 Å². The smallest absolute Gasteiger partial charge is 0.191 e. The number of benzene rings is 1. The predicted octanol–water partition coefficient (Wildman–Crippen LogP) is 2.80. The number of fused-ring (bicyclic) bond motifs is 1. The molecule has 1 aromatic carbocycles. The average Bonchev–Trinajstić information content (AvgIpc) is 3.18. The molecule has 4 rings (SSSR count). The van der Waals surface area contributed by atoms with E-state index in [9.17, 15) is 0 Å². The highest BCUT2D eigenvalue weighted by molar-refractivity contribution is 5.80. The molecule has 0 spiro atoms. The highest BCUT2D eigenvalue weighted by atomic mass is 15.3. The van der Waals surface area contributed by atoms with E-state index in [4.69, 9.17) is 4.99 Å². The molecule has 1 unspecified atom stereocenters. The Morgan fingerprint density at radius 1 is 1.17 bits per heavy atom. The maximum atomic E-state index is 4.79. The lowest BCUT2D eigenvalue weighted by atomic mass is 10.0. The van der Waals surface area contributed by atoms with Crippen LogP contribution in [0, 0.1) is 6.92 Å². The Kier molecular flexibility index (Phi) is 6.47. The van der Waals surface area contributed by atoms with Gasteiger partial charge in [-0.05, 0) is 51.0 Å². The van der Waals surface area contributed by atoms with Gasteiger partial charge in [0.25, 0.3) is 0 Å². The monoisotopic (exact) mass is 405 g/mol. The summed E-state index contributed by atoms with van der Waals surface area (Å²) in [6.07, 6.45) is 5.08. The fraction of sp³-hybridized carbons (Fsp3) is 0.435. The zero-order chi connectivity index (χ0) is 20.8. The van der Waals surface area contributed by atoms with Crippen LogP contribution < -0.4 is 15.5 Å². The van der Waals surface area contributed by atoms with Crippen LogP contribution in [-0.2, 0) is 6.42 Å². The number of nitrogens with one attached hydrogen (secondary N) is 2. The minimum absolute atomic E-state index is 0.381. The second-order valence-electron chi connectivity index (χ2n) is 7.82. The lowest BCUT2D eigenvalue weighted by Gasteiger charge is -2.35. The molecule has 2 N–H and O–H groups in total. The summed E-state index contributed by atoms with van der Waals surface area (Å²) in [5, 5.41) is 15.5. The number of anilines is 1. The van der Waals surface area contributed by atoms with Gasteiger partial charge in [0, 0.05) is 50.5 Å². The highest BCUT2D eigenvalue weighted by Crippen LogP contribution is 2.20. The van der Waals surface area contributed by atoms with Crippen molar-refractivity contribution in [3.05, 3.63) is 60.0 Å². The Morgan fingerprint density at radius 3 is 2.87 bits per heavy atom. The molecule has 0 saturated carbocycles. The quantitative estimate of drug-likeness (QED) is 0.488. The molecule has 1 fully saturated rings. The Balaban J connectivity index is 1.36. The summed E-state index contributed by atoms with van der Waals surface area (Å²) in [6, 6.07) is 15.1. The van der Waals surface area contributed by atoms with Crippen LogP contribution in [0.25, 0.3) is 5.65 Å². The number of aryl methyl sites for hydroxylation is 1. The van der Waals surface area contributed by atoms with E-state index < -0.39 is 0 Å². The van der Waals surface area contributed by atoms with Crippen LogP contribution in [0.4, 0.5) is 5.69 Å². The lowest BCUT2D eigenvalue weighted by Crippen LogP contribution is -2.51. The minimum atomic E-state index is 0.381. The molecule has 3 heterocycles. The molecule has 0 aliphatic carbocycles. The number of aliphatic imine (C=N–C) groups is 1. The molecule has 158 valence electrons. The van der Waals surface area contributed by atoms with Crippen molar-refractivity contribution in [2.75, 3.05) is 31.1 Å². The summed E-state index contributed by atoms with van der Waals surface area (Å²) in [4.78, 5) is 7.26. The molecule has 1 aliphatic heterocycles. The number of pyridine rings is 1. The van der Waals surface area contributed by atoms with E-state index in [1.807, 2.05) is 28.8 Å². The zero-order valence-corrected chi connectivity index (χ0v) is 17.9. The number of aromatic nitrogens is 3. The normalized spacial score (nSPS) is 17.3. The molecule has 2 aromatic heterocycles. The van der Waals surface area contributed by atoms with Gasteiger partial charge >= 0.3 is 0 Å². The molecule has 1 atom stereocenters. The second kappa shape index (κ2) is 9.61. The highest BCUT2D eigenvalue weighted by Gasteiger charge is 2.21. The fourth-order valence-electron chi connectivity index (χ4n) is 3.93. The van der Waals surface area contributed by atoms with E-state index in [1.54, 1.807) is 0 Å². The maximum absolute atomic E-state index is 4.79. The summed E-state index contributed by atoms with van der Waals surface area (Å²) in [5.41, 5.74) is 3.47. The first-order valence-electron chi connectivity index (χ1n) is 10.9. The van der Waals surface area contributed by atoms with Gasteiger partial charge in [0.1, 0.15) is 5.82 Å². The summed E-state index contributed by atoms with van der Waals surface area (Å²) < 4.78 is 2.02. The number of rotatable bonds is 6. The molecule has 30 heavy (non-hydrogen) atoms. The molecule has 7 nitrogen and oxygen atoms in total. The first kappa shape index (κ1) is 20.2. The van der Waals surface area contributed by atoms with Gasteiger partial charge in [-0.25, -0.2) is 0 Å². The van der Waals surface area contributed by atoms with Crippen molar-refractivity contribution in [2.24, 2.45) is 4.99 Å². The van der Waals surface area contributed by atoms with Crippen molar-refractivity contribution in [1.82, 2.24) is 25.2 Å². The van der Waals surface area contributed by atoms with Gasteiger partial charge < -0.3 is 15.5 Å². The standard InChI is InChI=1S/C23H31N7/c1-3-24-23(25-14-13-22-28-27-21-8-4-5-16-30(21)22)26-19-7-6-15-29(17-19)20-11-9-18(2)10-12-20/h4-5,8-12,16,19H,3,6-7,13-15,17H2,1-2H3,(H2,24,25,26). The minimum Gasteiger partial charge on any atom is -0.369 e.